The van der Waals surface area contributed by atoms with Gasteiger partial charge in [0.2, 0.25) is 0 Å². The molecule has 1 unspecified atom stereocenters. The topological polar surface area (TPSA) is 50.3 Å². The number of hydrogen-bond donors (Lipinski definition) is 1. The lowest BCUT2D eigenvalue weighted by molar-refractivity contribution is -0.0342. The molecule has 2 rings (SSSR count). The van der Waals surface area contributed by atoms with Crippen molar-refractivity contribution in [2.45, 2.75) is 40.2 Å². The first-order chi connectivity index (χ1) is 9.65. The third-order valence-electron chi connectivity index (χ3n) is 3.73. The normalized spacial score (nSPS) is 20.1. The summed E-state index contributed by atoms with van der Waals surface area (Å²) in [5, 5.41) is 3.31. The summed E-state index contributed by atoms with van der Waals surface area (Å²) in [6.07, 6.45) is 1.16. The van der Waals surface area contributed by atoms with Crippen LogP contribution in [0.15, 0.2) is 0 Å². The van der Waals surface area contributed by atoms with Gasteiger partial charge in [0.25, 0.3) is 0 Å². The van der Waals surface area contributed by atoms with Crippen LogP contribution in [-0.2, 0) is 4.74 Å². The molecule has 2 heterocycles. The van der Waals surface area contributed by atoms with Crippen LogP contribution in [0.5, 0.6) is 0 Å². The number of rotatable bonds is 5. The summed E-state index contributed by atoms with van der Waals surface area (Å²) in [5.41, 5.74) is 2.15. The molecule has 1 aliphatic heterocycles. The highest BCUT2D eigenvalue weighted by atomic mass is 16.5. The lowest BCUT2D eigenvalue weighted by Crippen LogP contribution is -2.39. The number of anilines is 1. The highest BCUT2D eigenvalue weighted by Gasteiger charge is 2.24. The maximum Gasteiger partial charge on any atom is 0.161 e. The van der Waals surface area contributed by atoms with Crippen molar-refractivity contribution in [3.63, 3.8) is 0 Å². The van der Waals surface area contributed by atoms with Crippen LogP contribution in [0.4, 0.5) is 5.82 Å². The third kappa shape index (κ3) is 3.46. The van der Waals surface area contributed by atoms with E-state index in [9.17, 15) is 0 Å². The molecule has 1 N–H and O–H groups in total. The standard InChI is InChI=1S/C15H26N4O/c1-5-7-19-8-9-20-13(10-19)15-17-12(4)11(3)14(18-15)16-6-2/h13H,5-10H2,1-4H3,(H,16,17,18). The van der Waals surface area contributed by atoms with Crippen molar-refractivity contribution in [2.24, 2.45) is 0 Å². The molecule has 0 aliphatic carbocycles. The third-order valence-corrected chi connectivity index (χ3v) is 3.73. The predicted molar refractivity (Wildman–Crippen MR) is 81.1 cm³/mol. The minimum Gasteiger partial charge on any atom is -0.370 e. The second-order valence-electron chi connectivity index (χ2n) is 5.33. The van der Waals surface area contributed by atoms with Gasteiger partial charge in [-0.05, 0) is 33.7 Å². The molecule has 0 spiro atoms. The first-order valence-corrected chi connectivity index (χ1v) is 7.58. The van der Waals surface area contributed by atoms with Gasteiger partial charge in [0.15, 0.2) is 5.82 Å². The van der Waals surface area contributed by atoms with E-state index in [4.69, 9.17) is 4.74 Å². The molecule has 0 bridgehead atoms. The minimum absolute atomic E-state index is 0.00740. The van der Waals surface area contributed by atoms with Gasteiger partial charge in [0.1, 0.15) is 11.9 Å². The number of ether oxygens (including phenoxy) is 1. The molecule has 5 nitrogen and oxygen atoms in total. The molecule has 1 aromatic heterocycles. The SMILES string of the molecule is CCCN1CCOC(c2nc(C)c(C)c(NCC)n2)C1. The second kappa shape index (κ2) is 6.99. The molecule has 1 atom stereocenters. The number of hydrogen-bond acceptors (Lipinski definition) is 5. The van der Waals surface area contributed by atoms with E-state index < -0.39 is 0 Å². The summed E-state index contributed by atoms with van der Waals surface area (Å²) in [5.74, 6) is 1.75. The molecule has 0 radical (unpaired) electrons. The van der Waals surface area contributed by atoms with Crippen LogP contribution in [0, 0.1) is 13.8 Å². The molecular weight excluding hydrogens is 252 g/mol. The van der Waals surface area contributed by atoms with Gasteiger partial charge in [0.05, 0.1) is 6.61 Å². The summed E-state index contributed by atoms with van der Waals surface area (Å²) in [6, 6.07) is 0. The fourth-order valence-corrected chi connectivity index (χ4v) is 2.51. The fourth-order valence-electron chi connectivity index (χ4n) is 2.51. The van der Waals surface area contributed by atoms with E-state index >= 15 is 0 Å². The summed E-state index contributed by atoms with van der Waals surface area (Å²) < 4.78 is 5.87. The maximum atomic E-state index is 5.87. The van der Waals surface area contributed by atoms with Crippen LogP contribution in [0.3, 0.4) is 0 Å². The molecular formula is C15H26N4O. The second-order valence-corrected chi connectivity index (χ2v) is 5.33. The lowest BCUT2D eigenvalue weighted by atomic mass is 10.2. The van der Waals surface area contributed by atoms with Crippen LogP contribution in [0.2, 0.25) is 0 Å². The first kappa shape index (κ1) is 15.2. The number of nitrogens with one attached hydrogen (secondary N) is 1. The summed E-state index contributed by atoms with van der Waals surface area (Å²) in [6.45, 7) is 13.0. The van der Waals surface area contributed by atoms with Gasteiger partial charge in [-0.2, -0.15) is 0 Å². The Kier molecular flexibility index (Phi) is 5.31. The molecule has 1 saturated heterocycles. The average Bonchev–Trinajstić information content (AvgIpc) is 2.44. The van der Waals surface area contributed by atoms with Crippen LogP contribution >= 0.6 is 0 Å². The van der Waals surface area contributed by atoms with Crippen molar-refractivity contribution >= 4 is 5.82 Å². The van der Waals surface area contributed by atoms with E-state index in [0.29, 0.717) is 0 Å². The van der Waals surface area contributed by atoms with Crippen molar-refractivity contribution in [3.8, 4) is 0 Å². The van der Waals surface area contributed by atoms with Gasteiger partial charge < -0.3 is 10.1 Å². The van der Waals surface area contributed by atoms with E-state index in [1.807, 2.05) is 6.92 Å². The van der Waals surface area contributed by atoms with Crippen molar-refractivity contribution in [1.29, 1.82) is 0 Å². The molecule has 5 heteroatoms. The zero-order chi connectivity index (χ0) is 14.5. The highest BCUT2D eigenvalue weighted by molar-refractivity contribution is 5.45. The van der Waals surface area contributed by atoms with Gasteiger partial charge in [-0.25, -0.2) is 9.97 Å². The molecule has 20 heavy (non-hydrogen) atoms. The van der Waals surface area contributed by atoms with Crippen LogP contribution in [-0.4, -0.2) is 47.7 Å². The largest absolute Gasteiger partial charge is 0.370 e. The smallest absolute Gasteiger partial charge is 0.161 e. The molecule has 1 aliphatic rings. The maximum absolute atomic E-state index is 5.87. The fraction of sp³-hybridized carbons (Fsp3) is 0.733. The Hall–Kier alpha value is -1.20. The number of nitrogens with zero attached hydrogens (tertiary/aromatic N) is 3. The van der Waals surface area contributed by atoms with E-state index in [-0.39, 0.29) is 6.10 Å². The number of morpholine rings is 1. The average molecular weight is 278 g/mol. The molecule has 0 aromatic carbocycles. The molecule has 0 amide bonds. The highest BCUT2D eigenvalue weighted by Crippen LogP contribution is 2.23. The monoisotopic (exact) mass is 278 g/mol. The number of aryl methyl sites for hydroxylation is 1. The Morgan fingerprint density at radius 2 is 2.10 bits per heavy atom. The molecule has 1 fully saturated rings. The Morgan fingerprint density at radius 1 is 1.30 bits per heavy atom. The van der Waals surface area contributed by atoms with E-state index in [1.54, 1.807) is 0 Å². The lowest BCUT2D eigenvalue weighted by Gasteiger charge is -2.32. The summed E-state index contributed by atoms with van der Waals surface area (Å²) in [7, 11) is 0. The van der Waals surface area contributed by atoms with Gasteiger partial charge in [-0.15, -0.1) is 0 Å². The van der Waals surface area contributed by atoms with Gasteiger partial charge >= 0.3 is 0 Å². The van der Waals surface area contributed by atoms with Crippen LogP contribution in [0.1, 0.15) is 43.5 Å². The molecule has 112 valence electrons. The zero-order valence-electron chi connectivity index (χ0n) is 13.1. The number of aromatic nitrogens is 2. The van der Waals surface area contributed by atoms with Crippen molar-refractivity contribution < 1.29 is 4.74 Å². The van der Waals surface area contributed by atoms with Crippen molar-refractivity contribution in [3.05, 3.63) is 17.1 Å². The molecule has 1 aromatic rings. The van der Waals surface area contributed by atoms with Gasteiger partial charge in [-0.3, -0.25) is 4.90 Å². The first-order valence-electron chi connectivity index (χ1n) is 7.58. The van der Waals surface area contributed by atoms with E-state index in [0.717, 1.165) is 55.7 Å². The van der Waals surface area contributed by atoms with Gasteiger partial charge in [-0.1, -0.05) is 6.92 Å². The minimum atomic E-state index is -0.00740. The van der Waals surface area contributed by atoms with Crippen LogP contribution in [0.25, 0.3) is 0 Å². The Morgan fingerprint density at radius 3 is 2.80 bits per heavy atom. The predicted octanol–water partition coefficient (Wildman–Crippen LogP) is 2.31. The van der Waals surface area contributed by atoms with Crippen LogP contribution < -0.4 is 5.32 Å². The Labute approximate surface area is 121 Å². The zero-order valence-corrected chi connectivity index (χ0v) is 13.1. The van der Waals surface area contributed by atoms with Crippen molar-refractivity contribution in [1.82, 2.24) is 14.9 Å². The van der Waals surface area contributed by atoms with Crippen molar-refractivity contribution in [2.75, 3.05) is 38.1 Å². The van der Waals surface area contributed by atoms with E-state index in [2.05, 4.69) is 41.0 Å². The Balaban J connectivity index is 2.19. The molecule has 0 saturated carbocycles. The van der Waals surface area contributed by atoms with Gasteiger partial charge in [0, 0.05) is 30.9 Å². The summed E-state index contributed by atoms with van der Waals surface area (Å²) in [4.78, 5) is 11.7. The quantitative estimate of drug-likeness (QED) is 0.895. The Bertz CT molecular complexity index is 448. The van der Waals surface area contributed by atoms with E-state index in [1.165, 1.54) is 6.42 Å². The summed E-state index contributed by atoms with van der Waals surface area (Å²) >= 11 is 0.